The van der Waals surface area contributed by atoms with Crippen LogP contribution in [-0.4, -0.2) is 0 Å². The minimum absolute atomic E-state index is 1.21. The molecule has 0 aromatic heterocycles. The zero-order chi connectivity index (χ0) is 34.4. The Morgan fingerprint density at radius 2 is 0.519 bits per heavy atom. The molecule has 242 valence electrons. The molecule has 0 fully saturated rings. The van der Waals surface area contributed by atoms with Crippen LogP contribution in [0.5, 0.6) is 0 Å². The van der Waals surface area contributed by atoms with Gasteiger partial charge in [-0.2, -0.15) is 0 Å². The Balaban J connectivity index is 1.19. The van der Waals surface area contributed by atoms with E-state index in [9.17, 15) is 0 Å². The van der Waals surface area contributed by atoms with Crippen molar-refractivity contribution in [3.63, 3.8) is 0 Å². The van der Waals surface area contributed by atoms with E-state index in [0.29, 0.717) is 0 Å². The van der Waals surface area contributed by atoms with Crippen LogP contribution in [0.2, 0.25) is 0 Å². The molecule has 0 radical (unpaired) electrons. The maximum atomic E-state index is 2.38. The van der Waals surface area contributed by atoms with Crippen molar-refractivity contribution in [2.24, 2.45) is 0 Å². The average Bonchev–Trinajstić information content (AvgIpc) is 3.22. The number of benzene rings is 10. The summed E-state index contributed by atoms with van der Waals surface area (Å²) in [4.78, 5) is 0. The topological polar surface area (TPSA) is 0 Å². The summed E-state index contributed by atoms with van der Waals surface area (Å²) in [5.74, 6) is 0. The molecule has 0 bridgehead atoms. The monoisotopic (exact) mass is 658 g/mol. The van der Waals surface area contributed by atoms with Crippen LogP contribution < -0.4 is 0 Å². The van der Waals surface area contributed by atoms with Gasteiger partial charge in [0, 0.05) is 0 Å². The van der Waals surface area contributed by atoms with Gasteiger partial charge < -0.3 is 0 Å². The van der Waals surface area contributed by atoms with Crippen LogP contribution in [0.15, 0.2) is 206 Å². The number of hydrogen-bond donors (Lipinski definition) is 0. The molecule has 0 heteroatoms. The maximum Gasteiger partial charge on any atom is -0.00201 e. The van der Waals surface area contributed by atoms with Gasteiger partial charge in [0.1, 0.15) is 0 Å². The maximum absolute atomic E-state index is 2.38. The van der Waals surface area contributed by atoms with Gasteiger partial charge in [-0.25, -0.2) is 0 Å². The molecule has 0 saturated carbocycles. The fourth-order valence-electron chi connectivity index (χ4n) is 8.33. The highest BCUT2D eigenvalue weighted by molar-refractivity contribution is 6.22. The van der Waals surface area contributed by atoms with Crippen molar-refractivity contribution in [1.82, 2.24) is 0 Å². The van der Waals surface area contributed by atoms with Gasteiger partial charge in [-0.05, 0) is 111 Å². The Bertz CT molecular complexity index is 2900. The summed E-state index contributed by atoms with van der Waals surface area (Å²) in [5.41, 5.74) is 12.4. The molecule has 0 unspecified atom stereocenters. The third-order valence-electron chi connectivity index (χ3n) is 10.7. The molecule has 0 heterocycles. The highest BCUT2D eigenvalue weighted by Gasteiger charge is 2.19. The second kappa shape index (κ2) is 12.5. The van der Waals surface area contributed by atoms with Gasteiger partial charge in [0.2, 0.25) is 0 Å². The summed E-state index contributed by atoms with van der Waals surface area (Å²) in [6.45, 7) is 0. The van der Waals surface area contributed by atoms with Crippen molar-refractivity contribution in [2.75, 3.05) is 0 Å². The third-order valence-corrected chi connectivity index (χ3v) is 10.7. The number of fused-ring (bicyclic) bond motifs is 4. The predicted octanol–water partition coefficient (Wildman–Crippen LogP) is 14.6. The molecule has 0 atom stereocenters. The molecule has 52 heavy (non-hydrogen) atoms. The molecule has 0 N–H and O–H groups in total. The summed E-state index contributed by atoms with van der Waals surface area (Å²) in [7, 11) is 0. The average molecular weight is 659 g/mol. The summed E-state index contributed by atoms with van der Waals surface area (Å²) in [6, 6.07) is 75.5. The van der Waals surface area contributed by atoms with E-state index in [1.165, 1.54) is 98.7 Å². The Labute approximate surface area is 303 Å². The van der Waals surface area contributed by atoms with Crippen LogP contribution in [0.1, 0.15) is 0 Å². The van der Waals surface area contributed by atoms with E-state index in [1.54, 1.807) is 0 Å². The van der Waals surface area contributed by atoms with Crippen molar-refractivity contribution in [2.45, 2.75) is 0 Å². The van der Waals surface area contributed by atoms with Crippen LogP contribution in [-0.2, 0) is 0 Å². The first-order valence-electron chi connectivity index (χ1n) is 18.0. The molecule has 10 aromatic rings. The minimum atomic E-state index is 1.21. The van der Waals surface area contributed by atoms with Crippen molar-refractivity contribution >= 4 is 43.1 Å². The quantitative estimate of drug-likeness (QED) is 0.161. The number of rotatable bonds is 5. The van der Waals surface area contributed by atoms with E-state index in [4.69, 9.17) is 0 Å². The first kappa shape index (κ1) is 30.1. The molecule has 10 rings (SSSR count). The highest BCUT2D eigenvalue weighted by Crippen LogP contribution is 2.47. The Hall–Kier alpha value is -6.76. The van der Waals surface area contributed by atoms with Crippen LogP contribution in [0.4, 0.5) is 0 Å². The van der Waals surface area contributed by atoms with Gasteiger partial charge in [0.05, 0.1) is 0 Å². The fourth-order valence-corrected chi connectivity index (χ4v) is 8.33. The number of hydrogen-bond acceptors (Lipinski definition) is 0. The van der Waals surface area contributed by atoms with Crippen molar-refractivity contribution in [3.8, 4) is 55.6 Å². The first-order chi connectivity index (χ1) is 25.8. The Morgan fingerprint density at radius 3 is 1.06 bits per heavy atom. The molecule has 0 aliphatic rings. The van der Waals surface area contributed by atoms with E-state index in [0.717, 1.165) is 0 Å². The molecular weight excluding hydrogens is 625 g/mol. The van der Waals surface area contributed by atoms with Crippen LogP contribution >= 0.6 is 0 Å². The van der Waals surface area contributed by atoms with Crippen molar-refractivity contribution in [1.29, 1.82) is 0 Å². The van der Waals surface area contributed by atoms with Crippen LogP contribution in [0.25, 0.3) is 98.7 Å². The van der Waals surface area contributed by atoms with Gasteiger partial charge in [-0.3, -0.25) is 0 Å². The summed E-state index contributed by atoms with van der Waals surface area (Å²) < 4.78 is 0. The van der Waals surface area contributed by atoms with Crippen molar-refractivity contribution < 1.29 is 0 Å². The Morgan fingerprint density at radius 1 is 0.192 bits per heavy atom. The lowest BCUT2D eigenvalue weighted by atomic mass is 9.83. The fraction of sp³-hybridized carbons (Fsp3) is 0. The van der Waals surface area contributed by atoms with E-state index in [1.807, 2.05) is 0 Å². The summed E-state index contributed by atoms with van der Waals surface area (Å²) in [6.07, 6.45) is 0. The molecule has 0 aliphatic carbocycles. The molecule has 0 nitrogen and oxygen atoms in total. The molecule has 0 aliphatic heterocycles. The van der Waals surface area contributed by atoms with Gasteiger partial charge in [-0.15, -0.1) is 0 Å². The predicted molar refractivity (Wildman–Crippen MR) is 224 cm³/mol. The second-order valence-electron chi connectivity index (χ2n) is 13.6. The largest absolute Gasteiger partial charge is 0.0616 e. The SMILES string of the molecule is c1cc(-c2ccccc2-c2c3ccccc3c(-c3cccc(-c4cccc5ccccc45)c3)c3ccccc23)cc(-c2cccc3ccccc23)c1. The molecular formula is C52H34. The van der Waals surface area contributed by atoms with Gasteiger partial charge >= 0.3 is 0 Å². The standard InChI is InChI=1S/C52H34/c1-3-23-41-35(15-1)17-13-31-43(41)37-19-11-20-38(33-37)45-25-5-6-26-46(45)52-49-29-9-7-27-47(49)51(48-28-8-10-30-50(48)52)40-22-12-21-39(34-40)44-32-14-18-36-16-2-4-24-42(36)44/h1-34H. The summed E-state index contributed by atoms with van der Waals surface area (Å²) in [5, 5.41) is 10.1. The molecule has 0 saturated heterocycles. The third kappa shape index (κ3) is 5.00. The zero-order valence-electron chi connectivity index (χ0n) is 28.6. The zero-order valence-corrected chi connectivity index (χ0v) is 28.6. The van der Waals surface area contributed by atoms with E-state index in [-0.39, 0.29) is 0 Å². The van der Waals surface area contributed by atoms with Gasteiger partial charge in [0.15, 0.2) is 0 Å². The lowest BCUT2D eigenvalue weighted by Gasteiger charge is -2.20. The van der Waals surface area contributed by atoms with Crippen LogP contribution in [0, 0.1) is 0 Å². The lowest BCUT2D eigenvalue weighted by Crippen LogP contribution is -1.93. The minimum Gasteiger partial charge on any atom is -0.0616 e. The molecule has 10 aromatic carbocycles. The van der Waals surface area contributed by atoms with Crippen molar-refractivity contribution in [3.05, 3.63) is 206 Å². The lowest BCUT2D eigenvalue weighted by molar-refractivity contribution is 1.59. The van der Waals surface area contributed by atoms with Gasteiger partial charge in [0.25, 0.3) is 0 Å². The van der Waals surface area contributed by atoms with E-state index >= 15 is 0 Å². The highest BCUT2D eigenvalue weighted by atomic mass is 14.2. The molecule has 0 amide bonds. The smallest absolute Gasteiger partial charge is 0.00201 e. The van der Waals surface area contributed by atoms with E-state index < -0.39 is 0 Å². The first-order valence-corrected chi connectivity index (χ1v) is 18.0. The van der Waals surface area contributed by atoms with Gasteiger partial charge in [-0.1, -0.05) is 194 Å². The Kier molecular flexibility index (Phi) is 7.25. The van der Waals surface area contributed by atoms with E-state index in [2.05, 4.69) is 206 Å². The second-order valence-corrected chi connectivity index (χ2v) is 13.6. The molecule has 0 spiro atoms. The van der Waals surface area contributed by atoms with Crippen LogP contribution in [0.3, 0.4) is 0 Å². The normalized spacial score (nSPS) is 11.5. The summed E-state index contributed by atoms with van der Waals surface area (Å²) >= 11 is 0.